The minimum atomic E-state index is -0.711. The van der Waals surface area contributed by atoms with Crippen LogP contribution in [0.5, 0.6) is 0 Å². The molecule has 0 aliphatic rings. The molecule has 0 fully saturated rings. The van der Waals surface area contributed by atoms with Crippen molar-refractivity contribution in [1.29, 1.82) is 0 Å². The Morgan fingerprint density at radius 1 is 1.30 bits per heavy atom. The summed E-state index contributed by atoms with van der Waals surface area (Å²) >= 11 is 1.24. The number of hydrogen-bond acceptors (Lipinski definition) is 4. The van der Waals surface area contributed by atoms with Gasteiger partial charge in [0.25, 0.3) is 0 Å². The van der Waals surface area contributed by atoms with Crippen LogP contribution in [0, 0.1) is 0 Å². The minimum absolute atomic E-state index is 0.263. The lowest BCUT2D eigenvalue weighted by Crippen LogP contribution is -2.20. The maximum absolute atomic E-state index is 12.1. The number of carbonyl (C=O) groups excluding carboxylic acids is 2. The van der Waals surface area contributed by atoms with Gasteiger partial charge in [0.15, 0.2) is 0 Å². The van der Waals surface area contributed by atoms with Gasteiger partial charge in [0.2, 0.25) is 0 Å². The van der Waals surface area contributed by atoms with Crippen molar-refractivity contribution >= 4 is 28.3 Å². The third-order valence-electron chi connectivity index (χ3n) is 2.59. The second-order valence-electron chi connectivity index (χ2n) is 3.93. The SMILES string of the molecule is CCOC(=O)c1c(-c2ccccc2)csc1NC(N)=O. The summed E-state index contributed by atoms with van der Waals surface area (Å²) in [5.41, 5.74) is 7.05. The molecule has 3 N–H and O–H groups in total. The molecule has 0 atom stereocenters. The molecule has 1 heterocycles. The highest BCUT2D eigenvalue weighted by atomic mass is 32.1. The van der Waals surface area contributed by atoms with Crippen LogP contribution in [0.25, 0.3) is 11.1 Å². The maximum Gasteiger partial charge on any atom is 0.341 e. The first kappa shape index (κ1) is 14.1. The molecule has 0 bridgehead atoms. The smallest absolute Gasteiger partial charge is 0.341 e. The molecule has 20 heavy (non-hydrogen) atoms. The highest BCUT2D eigenvalue weighted by Crippen LogP contribution is 2.36. The van der Waals surface area contributed by atoms with Gasteiger partial charge >= 0.3 is 12.0 Å². The van der Waals surface area contributed by atoms with Gasteiger partial charge in [-0.05, 0) is 12.5 Å². The highest BCUT2D eigenvalue weighted by molar-refractivity contribution is 7.15. The molecule has 0 radical (unpaired) electrons. The van der Waals surface area contributed by atoms with E-state index in [0.717, 1.165) is 11.1 Å². The Hall–Kier alpha value is -2.34. The van der Waals surface area contributed by atoms with E-state index in [-0.39, 0.29) is 6.61 Å². The van der Waals surface area contributed by atoms with Crippen molar-refractivity contribution in [3.63, 3.8) is 0 Å². The van der Waals surface area contributed by atoms with E-state index in [9.17, 15) is 9.59 Å². The third-order valence-corrected chi connectivity index (χ3v) is 3.49. The average Bonchev–Trinajstić information content (AvgIpc) is 2.83. The highest BCUT2D eigenvalue weighted by Gasteiger charge is 2.22. The van der Waals surface area contributed by atoms with Gasteiger partial charge in [0.05, 0.1) is 6.61 Å². The number of esters is 1. The second kappa shape index (κ2) is 6.21. The normalized spacial score (nSPS) is 10.1. The van der Waals surface area contributed by atoms with Crippen molar-refractivity contribution in [1.82, 2.24) is 0 Å². The molecule has 1 aromatic carbocycles. The first-order valence-electron chi connectivity index (χ1n) is 6.04. The second-order valence-corrected chi connectivity index (χ2v) is 4.81. The minimum Gasteiger partial charge on any atom is -0.462 e. The average molecular weight is 290 g/mol. The van der Waals surface area contributed by atoms with Crippen molar-refractivity contribution in [3.05, 3.63) is 41.3 Å². The van der Waals surface area contributed by atoms with Crippen LogP contribution in [0.1, 0.15) is 17.3 Å². The molecule has 0 saturated heterocycles. The zero-order valence-electron chi connectivity index (χ0n) is 10.9. The van der Waals surface area contributed by atoms with Crippen LogP contribution in [0.3, 0.4) is 0 Å². The molecule has 5 nitrogen and oxygen atoms in total. The molecule has 0 unspecified atom stereocenters. The predicted molar refractivity (Wildman–Crippen MR) is 78.9 cm³/mol. The number of benzene rings is 1. The molecule has 2 rings (SSSR count). The Labute approximate surface area is 120 Å². The molecular weight excluding hydrogens is 276 g/mol. The fourth-order valence-corrected chi connectivity index (χ4v) is 2.76. The van der Waals surface area contributed by atoms with Crippen molar-refractivity contribution in [2.75, 3.05) is 11.9 Å². The lowest BCUT2D eigenvalue weighted by Gasteiger charge is -2.07. The van der Waals surface area contributed by atoms with E-state index >= 15 is 0 Å². The first-order valence-corrected chi connectivity index (χ1v) is 6.92. The van der Waals surface area contributed by atoms with Crippen molar-refractivity contribution in [2.24, 2.45) is 5.73 Å². The standard InChI is InChI=1S/C14H14N2O3S/c1-2-19-13(17)11-10(9-6-4-3-5-7-9)8-20-12(11)16-14(15)18/h3-8H,2H2,1H3,(H3,15,16,18). The van der Waals surface area contributed by atoms with E-state index in [2.05, 4.69) is 5.32 Å². The van der Waals surface area contributed by atoms with Crippen LogP contribution in [0.15, 0.2) is 35.7 Å². The molecule has 0 aliphatic carbocycles. The lowest BCUT2D eigenvalue weighted by molar-refractivity contribution is 0.0529. The summed E-state index contributed by atoms with van der Waals surface area (Å²) in [5.74, 6) is -0.476. The fraction of sp³-hybridized carbons (Fsp3) is 0.143. The number of nitrogens with one attached hydrogen (secondary N) is 1. The molecule has 0 saturated carbocycles. The largest absolute Gasteiger partial charge is 0.462 e. The Morgan fingerprint density at radius 3 is 2.60 bits per heavy atom. The summed E-state index contributed by atoms with van der Waals surface area (Å²) in [6.07, 6.45) is 0. The van der Waals surface area contributed by atoms with Gasteiger partial charge in [-0.25, -0.2) is 9.59 Å². The van der Waals surface area contributed by atoms with E-state index in [0.29, 0.717) is 10.6 Å². The topological polar surface area (TPSA) is 81.4 Å². The van der Waals surface area contributed by atoms with Crippen molar-refractivity contribution in [2.45, 2.75) is 6.92 Å². The fourth-order valence-electron chi connectivity index (χ4n) is 1.80. The number of thiophene rings is 1. The van der Waals surface area contributed by atoms with E-state index in [4.69, 9.17) is 10.5 Å². The molecular formula is C14H14N2O3S. The first-order chi connectivity index (χ1) is 9.63. The number of amides is 2. The van der Waals surface area contributed by atoms with Crippen LogP contribution in [-0.2, 0) is 4.74 Å². The predicted octanol–water partition coefficient (Wildman–Crippen LogP) is 3.08. The van der Waals surface area contributed by atoms with Gasteiger partial charge in [-0.3, -0.25) is 5.32 Å². The van der Waals surface area contributed by atoms with Gasteiger partial charge in [-0.1, -0.05) is 30.3 Å². The Kier molecular flexibility index (Phi) is 4.37. The zero-order chi connectivity index (χ0) is 14.5. The van der Waals surface area contributed by atoms with E-state index < -0.39 is 12.0 Å². The van der Waals surface area contributed by atoms with Gasteiger partial charge < -0.3 is 10.5 Å². The van der Waals surface area contributed by atoms with Gasteiger partial charge in [0.1, 0.15) is 10.6 Å². The maximum atomic E-state index is 12.1. The van der Waals surface area contributed by atoms with Crippen molar-refractivity contribution < 1.29 is 14.3 Å². The van der Waals surface area contributed by atoms with Crippen LogP contribution >= 0.6 is 11.3 Å². The summed E-state index contributed by atoms with van der Waals surface area (Å²) in [6, 6.07) is 8.71. The molecule has 6 heteroatoms. The summed E-state index contributed by atoms with van der Waals surface area (Å²) in [5, 5.41) is 4.66. The molecule has 2 aromatic rings. The Morgan fingerprint density at radius 2 is 2.00 bits per heavy atom. The van der Waals surface area contributed by atoms with E-state index in [1.54, 1.807) is 12.3 Å². The number of anilines is 1. The molecule has 104 valence electrons. The van der Waals surface area contributed by atoms with Crippen LogP contribution < -0.4 is 11.1 Å². The van der Waals surface area contributed by atoms with Crippen LogP contribution in [-0.4, -0.2) is 18.6 Å². The summed E-state index contributed by atoms with van der Waals surface area (Å²) < 4.78 is 5.05. The number of primary amides is 1. The van der Waals surface area contributed by atoms with E-state index in [1.165, 1.54) is 11.3 Å². The summed E-state index contributed by atoms with van der Waals surface area (Å²) in [4.78, 5) is 23.1. The lowest BCUT2D eigenvalue weighted by atomic mass is 10.0. The number of rotatable bonds is 4. The quantitative estimate of drug-likeness (QED) is 0.849. The van der Waals surface area contributed by atoms with Gasteiger partial charge in [0, 0.05) is 10.9 Å². The van der Waals surface area contributed by atoms with Gasteiger partial charge in [-0.15, -0.1) is 11.3 Å². The van der Waals surface area contributed by atoms with Crippen molar-refractivity contribution in [3.8, 4) is 11.1 Å². The Bertz CT molecular complexity index is 623. The Balaban J connectivity index is 2.49. The number of ether oxygens (including phenoxy) is 1. The number of urea groups is 1. The third kappa shape index (κ3) is 2.97. The molecule has 2 amide bonds. The summed E-state index contributed by atoms with van der Waals surface area (Å²) in [7, 11) is 0. The molecule has 0 aliphatic heterocycles. The number of hydrogen-bond donors (Lipinski definition) is 2. The number of nitrogens with two attached hydrogens (primary N) is 1. The number of carbonyl (C=O) groups is 2. The molecule has 0 spiro atoms. The monoisotopic (exact) mass is 290 g/mol. The van der Waals surface area contributed by atoms with E-state index in [1.807, 2.05) is 30.3 Å². The van der Waals surface area contributed by atoms with Crippen LogP contribution in [0.4, 0.5) is 9.80 Å². The zero-order valence-corrected chi connectivity index (χ0v) is 11.7. The summed E-state index contributed by atoms with van der Waals surface area (Å²) in [6.45, 7) is 1.99. The van der Waals surface area contributed by atoms with Gasteiger partial charge in [-0.2, -0.15) is 0 Å². The molecule has 1 aromatic heterocycles. The van der Waals surface area contributed by atoms with Crippen LogP contribution in [0.2, 0.25) is 0 Å².